The van der Waals surface area contributed by atoms with Crippen LogP contribution in [-0.2, 0) is 9.47 Å². The van der Waals surface area contributed by atoms with Crippen molar-refractivity contribution in [3.05, 3.63) is 0 Å². The van der Waals surface area contributed by atoms with Gasteiger partial charge in [0.05, 0.1) is 0 Å². The lowest BCUT2D eigenvalue weighted by molar-refractivity contribution is -0.191. The number of carbonyl (C=O) groups is 1. The number of ether oxygens (including phenoxy) is 2. The lowest BCUT2D eigenvalue weighted by atomic mass is 10.2. The Bertz CT molecular complexity index is 158. The van der Waals surface area contributed by atoms with Gasteiger partial charge in [0.1, 0.15) is 0 Å². The van der Waals surface area contributed by atoms with E-state index in [1.54, 1.807) is 0 Å². The summed E-state index contributed by atoms with van der Waals surface area (Å²) in [6.45, 7) is 1.58. The predicted molar refractivity (Wildman–Crippen MR) is 26.6 cm³/mol. The molecule has 0 N–H and O–H groups in total. The van der Waals surface area contributed by atoms with Crippen molar-refractivity contribution >= 4 is 6.16 Å². The van der Waals surface area contributed by atoms with Crippen LogP contribution in [0.1, 0.15) is 13.8 Å². The standard InChI is InChI=1S/C5H6F2O3/c1-4(6)5(2,7)10-3(8)9-4/h1-2H3/t4-,5?/m1/s1. The molecule has 2 atom stereocenters. The Hall–Kier alpha value is -0.870. The average Bonchev–Trinajstić information content (AvgIpc) is 1.73. The highest BCUT2D eigenvalue weighted by molar-refractivity contribution is 5.63. The average molecular weight is 152 g/mol. The second-order valence-corrected chi connectivity index (χ2v) is 2.29. The van der Waals surface area contributed by atoms with Crippen LogP contribution in [0.15, 0.2) is 0 Å². The number of hydrogen-bond acceptors (Lipinski definition) is 3. The second kappa shape index (κ2) is 1.59. The van der Waals surface area contributed by atoms with Crippen LogP contribution < -0.4 is 0 Å². The van der Waals surface area contributed by atoms with Crippen LogP contribution >= 0.6 is 0 Å². The largest absolute Gasteiger partial charge is 0.514 e. The molecule has 58 valence electrons. The Morgan fingerprint density at radius 2 is 1.50 bits per heavy atom. The number of cyclic esters (lactones) is 2. The van der Waals surface area contributed by atoms with Crippen LogP contribution in [0, 0.1) is 0 Å². The van der Waals surface area contributed by atoms with Crippen LogP contribution in [0.3, 0.4) is 0 Å². The summed E-state index contributed by atoms with van der Waals surface area (Å²) in [7, 11) is 0. The van der Waals surface area contributed by atoms with Crippen molar-refractivity contribution < 1.29 is 23.0 Å². The molecular weight excluding hydrogens is 146 g/mol. The SMILES string of the molecule is CC1(F)OC(=O)O[C@@]1(C)F. The summed E-state index contributed by atoms with van der Waals surface area (Å²) in [6.07, 6.45) is -1.32. The third kappa shape index (κ3) is 0.815. The minimum absolute atomic E-state index is 0.790. The molecule has 1 heterocycles. The van der Waals surface area contributed by atoms with E-state index in [0.717, 1.165) is 13.8 Å². The first-order chi connectivity index (χ1) is 4.35. The Balaban J connectivity index is 2.88. The van der Waals surface area contributed by atoms with Gasteiger partial charge in [0.25, 0.3) is 0 Å². The molecule has 0 aliphatic carbocycles. The van der Waals surface area contributed by atoms with E-state index in [2.05, 4.69) is 9.47 Å². The first-order valence-electron chi connectivity index (χ1n) is 2.65. The van der Waals surface area contributed by atoms with E-state index in [0.29, 0.717) is 0 Å². The normalized spacial score (nSPS) is 46.6. The van der Waals surface area contributed by atoms with E-state index >= 15 is 0 Å². The summed E-state index contributed by atoms with van der Waals surface area (Å²) in [5.41, 5.74) is 0. The molecule has 1 aliphatic rings. The molecule has 0 amide bonds. The van der Waals surface area contributed by atoms with Gasteiger partial charge in [-0.3, -0.25) is 0 Å². The van der Waals surface area contributed by atoms with Crippen LogP contribution in [-0.4, -0.2) is 17.9 Å². The first-order valence-corrected chi connectivity index (χ1v) is 2.65. The van der Waals surface area contributed by atoms with Crippen LogP contribution in [0.2, 0.25) is 0 Å². The Labute approximate surface area is 55.9 Å². The van der Waals surface area contributed by atoms with Gasteiger partial charge in [-0.05, 0) is 0 Å². The second-order valence-electron chi connectivity index (χ2n) is 2.29. The van der Waals surface area contributed by atoms with Crippen LogP contribution in [0.5, 0.6) is 0 Å². The summed E-state index contributed by atoms with van der Waals surface area (Å²) in [5.74, 6) is -5.35. The maximum Gasteiger partial charge on any atom is 0.514 e. The summed E-state index contributed by atoms with van der Waals surface area (Å²) >= 11 is 0. The molecule has 5 heteroatoms. The quantitative estimate of drug-likeness (QED) is 0.493. The third-order valence-corrected chi connectivity index (χ3v) is 1.35. The molecule has 0 aromatic rings. The van der Waals surface area contributed by atoms with Crippen molar-refractivity contribution in [3.63, 3.8) is 0 Å². The van der Waals surface area contributed by atoms with Gasteiger partial charge in [-0.1, -0.05) is 0 Å². The first kappa shape index (κ1) is 7.24. The number of halogens is 2. The van der Waals surface area contributed by atoms with E-state index < -0.39 is 17.9 Å². The van der Waals surface area contributed by atoms with Gasteiger partial charge in [-0.2, -0.15) is 8.78 Å². The fraction of sp³-hybridized carbons (Fsp3) is 0.800. The highest BCUT2D eigenvalue weighted by Gasteiger charge is 2.59. The molecule has 1 fully saturated rings. The molecule has 3 nitrogen and oxygen atoms in total. The Morgan fingerprint density at radius 3 is 1.60 bits per heavy atom. The molecule has 0 spiro atoms. The fourth-order valence-corrected chi connectivity index (χ4v) is 0.516. The zero-order valence-electron chi connectivity index (χ0n) is 5.48. The molecule has 0 aromatic carbocycles. The molecule has 1 aliphatic heterocycles. The van der Waals surface area contributed by atoms with Gasteiger partial charge in [0.2, 0.25) is 0 Å². The monoisotopic (exact) mass is 152 g/mol. The summed E-state index contributed by atoms with van der Waals surface area (Å²) < 4.78 is 33.1. The number of rotatable bonds is 0. The highest BCUT2D eigenvalue weighted by atomic mass is 19.2. The van der Waals surface area contributed by atoms with E-state index in [1.807, 2.05) is 0 Å². The summed E-state index contributed by atoms with van der Waals surface area (Å²) in [5, 5.41) is 0. The molecule has 1 rings (SSSR count). The topological polar surface area (TPSA) is 35.5 Å². The van der Waals surface area contributed by atoms with Crippen molar-refractivity contribution in [3.8, 4) is 0 Å². The minimum atomic E-state index is -2.68. The molecule has 0 saturated carbocycles. The molecule has 10 heavy (non-hydrogen) atoms. The zero-order valence-corrected chi connectivity index (χ0v) is 5.48. The van der Waals surface area contributed by atoms with Crippen LogP contribution in [0.4, 0.5) is 13.6 Å². The van der Waals surface area contributed by atoms with E-state index in [4.69, 9.17) is 0 Å². The highest BCUT2D eigenvalue weighted by Crippen LogP contribution is 2.38. The summed E-state index contributed by atoms with van der Waals surface area (Å²) in [6, 6.07) is 0. The van der Waals surface area contributed by atoms with E-state index in [1.165, 1.54) is 0 Å². The van der Waals surface area contributed by atoms with E-state index in [-0.39, 0.29) is 0 Å². The van der Waals surface area contributed by atoms with Gasteiger partial charge in [0, 0.05) is 13.8 Å². The van der Waals surface area contributed by atoms with Crippen molar-refractivity contribution in [2.45, 2.75) is 25.6 Å². The maximum absolute atomic E-state index is 12.7. The third-order valence-electron chi connectivity index (χ3n) is 1.35. The molecule has 0 aromatic heterocycles. The molecular formula is C5H6F2O3. The summed E-state index contributed by atoms with van der Waals surface area (Å²) in [4.78, 5) is 10.1. The lowest BCUT2D eigenvalue weighted by Gasteiger charge is -2.19. The van der Waals surface area contributed by atoms with Gasteiger partial charge < -0.3 is 9.47 Å². The fourth-order valence-electron chi connectivity index (χ4n) is 0.516. The molecule has 1 saturated heterocycles. The minimum Gasteiger partial charge on any atom is -0.390 e. The predicted octanol–water partition coefficient (Wildman–Crippen LogP) is 1.52. The number of hydrogen-bond donors (Lipinski definition) is 0. The maximum atomic E-state index is 12.7. The Kier molecular flexibility index (Phi) is 1.15. The zero-order chi connectivity index (χ0) is 7.99. The molecule has 0 bridgehead atoms. The number of carbonyl (C=O) groups excluding carboxylic acids is 1. The van der Waals surface area contributed by atoms with Crippen molar-refractivity contribution in [1.29, 1.82) is 0 Å². The molecule has 0 radical (unpaired) electrons. The Morgan fingerprint density at radius 1 is 1.20 bits per heavy atom. The van der Waals surface area contributed by atoms with Gasteiger partial charge in [-0.25, -0.2) is 4.79 Å². The van der Waals surface area contributed by atoms with Crippen LogP contribution in [0.25, 0.3) is 0 Å². The van der Waals surface area contributed by atoms with Gasteiger partial charge in [-0.15, -0.1) is 0 Å². The number of alkyl halides is 2. The van der Waals surface area contributed by atoms with Gasteiger partial charge in [0.15, 0.2) is 0 Å². The van der Waals surface area contributed by atoms with Crippen molar-refractivity contribution in [2.24, 2.45) is 0 Å². The van der Waals surface area contributed by atoms with Gasteiger partial charge >= 0.3 is 17.9 Å². The van der Waals surface area contributed by atoms with Crippen molar-refractivity contribution in [1.82, 2.24) is 0 Å². The smallest absolute Gasteiger partial charge is 0.390 e. The lowest BCUT2D eigenvalue weighted by Crippen LogP contribution is -2.39. The van der Waals surface area contributed by atoms with Crippen molar-refractivity contribution in [2.75, 3.05) is 0 Å². The van der Waals surface area contributed by atoms with E-state index in [9.17, 15) is 13.6 Å². The molecule has 1 unspecified atom stereocenters.